The molecule has 7 heteroatoms. The summed E-state index contributed by atoms with van der Waals surface area (Å²) in [6, 6.07) is 7.07. The van der Waals surface area contributed by atoms with Crippen molar-refractivity contribution in [2.24, 2.45) is 0 Å². The summed E-state index contributed by atoms with van der Waals surface area (Å²) in [7, 11) is -0.366. The Morgan fingerprint density at radius 3 is 2.50 bits per heavy atom. The first-order chi connectivity index (χ1) is 8.32. The fourth-order valence-electron chi connectivity index (χ4n) is 1.20. The molecule has 0 fully saturated rings. The second kappa shape index (κ2) is 6.31. The van der Waals surface area contributed by atoms with E-state index in [4.69, 9.17) is 0 Å². The molecule has 0 aliphatic heterocycles. The lowest BCUT2D eigenvalue weighted by molar-refractivity contribution is -0.127. The van der Waals surface area contributed by atoms with Gasteiger partial charge in [-0.3, -0.25) is 4.79 Å². The molecule has 0 heterocycles. The number of nitrogens with zero attached hydrogens (tertiary/aromatic N) is 1. The van der Waals surface area contributed by atoms with Gasteiger partial charge in [0, 0.05) is 18.6 Å². The normalized spacial score (nSPS) is 11.3. The van der Waals surface area contributed by atoms with Gasteiger partial charge < -0.3 is 4.90 Å². The third kappa shape index (κ3) is 4.75. The number of amides is 1. The van der Waals surface area contributed by atoms with Crippen LogP contribution in [0.25, 0.3) is 0 Å². The molecule has 18 heavy (non-hydrogen) atoms. The van der Waals surface area contributed by atoms with Crippen LogP contribution in [-0.4, -0.2) is 39.9 Å². The van der Waals surface area contributed by atoms with Crippen molar-refractivity contribution in [1.29, 1.82) is 0 Å². The fraction of sp³-hybridized carbons (Fsp3) is 0.364. The van der Waals surface area contributed by atoms with Gasteiger partial charge in [-0.25, -0.2) is 13.1 Å². The van der Waals surface area contributed by atoms with Gasteiger partial charge in [0.05, 0.1) is 12.3 Å². The highest BCUT2D eigenvalue weighted by Crippen LogP contribution is 2.17. The molecule has 100 valence electrons. The molecule has 1 amide bonds. The van der Waals surface area contributed by atoms with E-state index in [1.165, 1.54) is 4.90 Å². The monoisotopic (exact) mass is 334 g/mol. The van der Waals surface area contributed by atoms with Crippen LogP contribution < -0.4 is 4.72 Å². The molecule has 0 aromatic heterocycles. The smallest absolute Gasteiger partial charge is 0.237 e. The van der Waals surface area contributed by atoms with Crippen molar-refractivity contribution in [2.45, 2.75) is 5.75 Å². The van der Waals surface area contributed by atoms with Gasteiger partial charge in [0.15, 0.2) is 0 Å². The Hall–Kier alpha value is -0.920. The van der Waals surface area contributed by atoms with Crippen molar-refractivity contribution < 1.29 is 13.2 Å². The number of carbonyl (C=O) groups is 1. The van der Waals surface area contributed by atoms with Crippen LogP contribution in [0.4, 0.5) is 0 Å². The van der Waals surface area contributed by atoms with E-state index in [-0.39, 0.29) is 18.2 Å². The molecule has 0 saturated carbocycles. The van der Waals surface area contributed by atoms with Crippen LogP contribution in [0.3, 0.4) is 0 Å². The highest BCUT2D eigenvalue weighted by Gasteiger charge is 2.15. The molecule has 0 unspecified atom stereocenters. The summed E-state index contributed by atoms with van der Waals surface area (Å²) in [6.45, 7) is -0.222. The Morgan fingerprint density at radius 1 is 1.33 bits per heavy atom. The lowest BCUT2D eigenvalue weighted by atomic mass is 10.2. The Balaban J connectivity index is 2.66. The number of halogens is 1. The molecule has 0 atom stereocenters. The van der Waals surface area contributed by atoms with Crippen LogP contribution in [-0.2, 0) is 20.6 Å². The number of hydrogen-bond acceptors (Lipinski definition) is 3. The summed E-state index contributed by atoms with van der Waals surface area (Å²) in [5.74, 6) is -0.444. The molecule has 0 radical (unpaired) electrons. The minimum absolute atomic E-state index is 0.158. The van der Waals surface area contributed by atoms with Gasteiger partial charge in [-0.1, -0.05) is 34.1 Å². The lowest BCUT2D eigenvalue weighted by Crippen LogP contribution is -2.36. The number of hydrogen-bond donors (Lipinski definition) is 1. The molecular weight excluding hydrogens is 320 g/mol. The van der Waals surface area contributed by atoms with Crippen LogP contribution in [0.15, 0.2) is 28.7 Å². The van der Waals surface area contributed by atoms with Gasteiger partial charge in [0.1, 0.15) is 0 Å². The molecule has 0 bridgehead atoms. The Bertz CT molecular complexity index is 529. The summed E-state index contributed by atoms with van der Waals surface area (Å²) < 4.78 is 26.6. The SMILES string of the molecule is CN(C)C(=O)CNS(=O)(=O)Cc1ccccc1Br. The number of rotatable bonds is 5. The zero-order valence-electron chi connectivity index (χ0n) is 10.2. The standard InChI is InChI=1S/C11H15BrN2O3S/c1-14(2)11(15)7-13-18(16,17)8-9-5-3-4-6-10(9)12/h3-6,13H,7-8H2,1-2H3. The molecule has 1 aromatic rings. The van der Waals surface area contributed by atoms with Gasteiger partial charge >= 0.3 is 0 Å². The van der Waals surface area contributed by atoms with Crippen molar-refractivity contribution in [1.82, 2.24) is 9.62 Å². The first kappa shape index (κ1) is 15.1. The summed E-state index contributed by atoms with van der Waals surface area (Å²) >= 11 is 3.28. The van der Waals surface area contributed by atoms with Gasteiger partial charge in [-0.05, 0) is 11.6 Å². The molecule has 1 rings (SSSR count). The first-order valence-electron chi connectivity index (χ1n) is 5.23. The van der Waals surface area contributed by atoms with Crippen LogP contribution in [0.5, 0.6) is 0 Å². The molecule has 0 saturated heterocycles. The second-order valence-electron chi connectivity index (χ2n) is 3.96. The minimum Gasteiger partial charge on any atom is -0.348 e. The predicted octanol–water partition coefficient (Wildman–Crippen LogP) is 0.957. The van der Waals surface area contributed by atoms with Crippen LogP contribution in [0.1, 0.15) is 5.56 Å². The van der Waals surface area contributed by atoms with Gasteiger partial charge in [0.25, 0.3) is 0 Å². The van der Waals surface area contributed by atoms with Crippen molar-refractivity contribution in [3.05, 3.63) is 34.3 Å². The topological polar surface area (TPSA) is 66.5 Å². The van der Waals surface area contributed by atoms with E-state index in [1.54, 1.807) is 32.3 Å². The van der Waals surface area contributed by atoms with Gasteiger partial charge in [-0.15, -0.1) is 0 Å². The van der Waals surface area contributed by atoms with Gasteiger partial charge in [-0.2, -0.15) is 0 Å². The average Bonchev–Trinajstić information content (AvgIpc) is 2.29. The Labute approximate surface area is 115 Å². The molecule has 0 spiro atoms. The average molecular weight is 335 g/mol. The van der Waals surface area contributed by atoms with E-state index in [1.807, 2.05) is 6.07 Å². The van der Waals surface area contributed by atoms with Gasteiger partial charge in [0.2, 0.25) is 15.9 Å². The largest absolute Gasteiger partial charge is 0.348 e. The van der Waals surface area contributed by atoms with Crippen LogP contribution >= 0.6 is 15.9 Å². The molecule has 5 nitrogen and oxygen atoms in total. The third-order valence-corrected chi connectivity index (χ3v) is 4.29. The lowest BCUT2D eigenvalue weighted by Gasteiger charge is -2.11. The summed E-state index contributed by atoms with van der Waals surface area (Å²) in [5, 5.41) is 0. The van der Waals surface area contributed by atoms with E-state index < -0.39 is 10.0 Å². The predicted molar refractivity (Wildman–Crippen MR) is 73.5 cm³/mol. The van der Waals surface area contributed by atoms with Crippen molar-refractivity contribution in [3.63, 3.8) is 0 Å². The second-order valence-corrected chi connectivity index (χ2v) is 6.62. The summed E-state index contributed by atoms with van der Waals surface area (Å²) in [6.07, 6.45) is 0. The van der Waals surface area contributed by atoms with Crippen molar-refractivity contribution >= 4 is 31.9 Å². The minimum atomic E-state index is -3.51. The highest BCUT2D eigenvalue weighted by atomic mass is 79.9. The number of benzene rings is 1. The first-order valence-corrected chi connectivity index (χ1v) is 7.67. The van der Waals surface area contributed by atoms with Crippen molar-refractivity contribution in [2.75, 3.05) is 20.6 Å². The number of sulfonamides is 1. The molecular formula is C11H15BrN2O3S. The fourth-order valence-corrected chi connectivity index (χ4v) is 2.92. The van der Waals surface area contributed by atoms with Crippen molar-refractivity contribution in [3.8, 4) is 0 Å². The summed E-state index contributed by atoms with van der Waals surface area (Å²) in [4.78, 5) is 12.6. The number of carbonyl (C=O) groups excluding carboxylic acids is 1. The highest BCUT2D eigenvalue weighted by molar-refractivity contribution is 9.10. The van der Waals surface area contributed by atoms with E-state index in [0.717, 1.165) is 4.47 Å². The maximum absolute atomic E-state index is 11.8. The number of likely N-dealkylation sites (N-methyl/N-ethyl adjacent to an activating group) is 1. The van der Waals surface area contributed by atoms with E-state index in [2.05, 4.69) is 20.7 Å². The summed E-state index contributed by atoms with van der Waals surface area (Å²) in [5.41, 5.74) is 0.655. The maximum atomic E-state index is 11.8. The zero-order chi connectivity index (χ0) is 13.8. The molecule has 0 aliphatic rings. The van der Waals surface area contributed by atoms with Crippen LogP contribution in [0, 0.1) is 0 Å². The van der Waals surface area contributed by atoms with E-state index >= 15 is 0 Å². The molecule has 1 aromatic carbocycles. The zero-order valence-corrected chi connectivity index (χ0v) is 12.6. The maximum Gasteiger partial charge on any atom is 0.237 e. The van der Waals surface area contributed by atoms with E-state index in [0.29, 0.717) is 5.56 Å². The molecule has 1 N–H and O–H groups in total. The Morgan fingerprint density at radius 2 is 1.94 bits per heavy atom. The molecule has 0 aliphatic carbocycles. The van der Waals surface area contributed by atoms with E-state index in [9.17, 15) is 13.2 Å². The quantitative estimate of drug-likeness (QED) is 0.872. The Kier molecular flexibility index (Phi) is 5.30. The van der Waals surface area contributed by atoms with Crippen LogP contribution in [0.2, 0.25) is 0 Å². The third-order valence-electron chi connectivity index (χ3n) is 2.25. The number of nitrogens with one attached hydrogen (secondary N) is 1.